The molecule has 3 aromatic carbocycles. The van der Waals surface area contributed by atoms with Crippen LogP contribution in [0, 0.1) is 11.3 Å². The monoisotopic (exact) mass is 578 g/mol. The zero-order valence-electron chi connectivity index (χ0n) is 25.2. The summed E-state index contributed by atoms with van der Waals surface area (Å²) in [6.45, 7) is 11.1. The summed E-state index contributed by atoms with van der Waals surface area (Å²) in [4.78, 5) is 0. The van der Waals surface area contributed by atoms with Gasteiger partial charge in [-0.25, -0.2) is 4.67 Å². The van der Waals surface area contributed by atoms with E-state index in [9.17, 15) is 0 Å². The quantitative estimate of drug-likeness (QED) is 0.0980. The van der Waals surface area contributed by atoms with Gasteiger partial charge >= 0.3 is 0 Å². The van der Waals surface area contributed by atoms with Gasteiger partial charge in [0.05, 0.1) is 46.0 Å². The van der Waals surface area contributed by atoms with Crippen molar-refractivity contribution in [2.24, 2.45) is 0 Å². The van der Waals surface area contributed by atoms with Gasteiger partial charge < -0.3 is 23.3 Å². The minimum Gasteiger partial charge on any atom is -0.497 e. The summed E-state index contributed by atoms with van der Waals surface area (Å²) >= 11 is 0. The third-order valence-corrected chi connectivity index (χ3v) is 8.88. The first kappa shape index (κ1) is 32.5. The van der Waals surface area contributed by atoms with Gasteiger partial charge in [-0.05, 0) is 75.6 Å². The van der Waals surface area contributed by atoms with Gasteiger partial charge in [0.1, 0.15) is 17.1 Å². The number of nitriles is 1. The number of benzene rings is 3. The first-order valence-electron chi connectivity index (χ1n) is 14.0. The van der Waals surface area contributed by atoms with Crippen molar-refractivity contribution >= 4 is 8.53 Å². The van der Waals surface area contributed by atoms with Crippen LogP contribution in [-0.4, -0.2) is 50.3 Å². The Morgan fingerprint density at radius 2 is 1.24 bits per heavy atom. The summed E-state index contributed by atoms with van der Waals surface area (Å²) in [5.74, 6) is 1.54. The Labute approximate surface area is 246 Å². The van der Waals surface area contributed by atoms with Crippen molar-refractivity contribution in [2.45, 2.75) is 64.8 Å². The molecule has 0 saturated carbocycles. The van der Waals surface area contributed by atoms with Crippen LogP contribution in [-0.2, 0) is 19.4 Å². The van der Waals surface area contributed by atoms with E-state index in [1.807, 2.05) is 73.7 Å². The number of methoxy groups -OCH3 is 2. The second-order valence-corrected chi connectivity index (χ2v) is 11.7. The van der Waals surface area contributed by atoms with Crippen LogP contribution in [0.4, 0.5) is 0 Å². The highest BCUT2D eigenvalue weighted by Gasteiger charge is 2.39. The standard InChI is InChI=1S/C33H43N2O5P/c1-25(2)35(26(3)4)41(39-23-11-22-34)40-27(5)24-38-33(28-12-9-8-10-13-28,29-14-18-31(36-6)19-15-29)30-16-20-32(37-7)21-17-30/h8-10,12-21,25-27H,11,23-24H2,1-7H3/t27-,41?/m0/s1. The second kappa shape index (κ2) is 15.9. The molecule has 0 heterocycles. The van der Waals surface area contributed by atoms with E-state index < -0.39 is 14.1 Å². The van der Waals surface area contributed by atoms with Crippen LogP contribution in [0.5, 0.6) is 11.5 Å². The Balaban J connectivity index is 2.02. The molecule has 3 rings (SSSR count). The number of rotatable bonds is 16. The number of hydrogen-bond acceptors (Lipinski definition) is 7. The summed E-state index contributed by atoms with van der Waals surface area (Å²) in [5, 5.41) is 9.07. The third-order valence-electron chi connectivity index (χ3n) is 6.64. The van der Waals surface area contributed by atoms with Crippen LogP contribution < -0.4 is 9.47 Å². The predicted molar refractivity (Wildman–Crippen MR) is 164 cm³/mol. The normalized spacial score (nSPS) is 13.3. The fourth-order valence-electron chi connectivity index (χ4n) is 4.80. The first-order valence-corrected chi connectivity index (χ1v) is 15.1. The van der Waals surface area contributed by atoms with Crippen molar-refractivity contribution in [3.05, 3.63) is 95.6 Å². The van der Waals surface area contributed by atoms with Gasteiger partial charge in [-0.1, -0.05) is 54.6 Å². The lowest BCUT2D eigenvalue weighted by molar-refractivity contribution is -0.0293. The second-order valence-electron chi connectivity index (χ2n) is 10.3. The van der Waals surface area contributed by atoms with Gasteiger partial charge in [0, 0.05) is 12.1 Å². The summed E-state index contributed by atoms with van der Waals surface area (Å²) in [7, 11) is 1.91. The predicted octanol–water partition coefficient (Wildman–Crippen LogP) is 7.69. The molecule has 0 radical (unpaired) electrons. The third kappa shape index (κ3) is 8.29. The highest BCUT2D eigenvalue weighted by Crippen LogP contribution is 2.48. The minimum absolute atomic E-state index is 0.207. The topological polar surface area (TPSA) is 73.2 Å². The van der Waals surface area contributed by atoms with Crippen molar-refractivity contribution in [1.82, 2.24) is 4.67 Å². The molecule has 7 nitrogen and oxygen atoms in total. The molecule has 0 saturated heterocycles. The molecule has 0 fully saturated rings. The van der Waals surface area contributed by atoms with Gasteiger partial charge in [-0.3, -0.25) is 0 Å². The summed E-state index contributed by atoms with van der Waals surface area (Å²) < 4.78 is 32.8. The smallest absolute Gasteiger partial charge is 0.259 e. The Kier molecular flexibility index (Phi) is 12.6. The van der Waals surface area contributed by atoms with Crippen molar-refractivity contribution < 1.29 is 23.3 Å². The molecule has 0 aliphatic heterocycles. The summed E-state index contributed by atoms with van der Waals surface area (Å²) in [6, 6.07) is 28.7. The maximum atomic E-state index is 9.07. The zero-order chi connectivity index (χ0) is 29.8. The lowest BCUT2D eigenvalue weighted by atomic mass is 9.80. The fourth-order valence-corrected chi connectivity index (χ4v) is 6.47. The van der Waals surface area contributed by atoms with E-state index in [-0.39, 0.29) is 24.8 Å². The molecule has 0 N–H and O–H groups in total. The molecule has 8 heteroatoms. The first-order chi connectivity index (χ1) is 19.8. The van der Waals surface area contributed by atoms with Gasteiger partial charge in [-0.2, -0.15) is 5.26 Å². The van der Waals surface area contributed by atoms with Crippen LogP contribution in [0.1, 0.15) is 57.7 Å². The Morgan fingerprint density at radius 3 is 1.68 bits per heavy atom. The highest BCUT2D eigenvalue weighted by atomic mass is 31.2. The van der Waals surface area contributed by atoms with Crippen LogP contribution in [0.3, 0.4) is 0 Å². The van der Waals surface area contributed by atoms with Crippen molar-refractivity contribution in [2.75, 3.05) is 27.4 Å². The van der Waals surface area contributed by atoms with E-state index in [0.29, 0.717) is 13.0 Å². The fraction of sp³-hybridized carbons (Fsp3) is 0.424. The van der Waals surface area contributed by atoms with Gasteiger partial charge in [0.2, 0.25) is 0 Å². The van der Waals surface area contributed by atoms with Crippen molar-refractivity contribution in [3.8, 4) is 17.6 Å². The van der Waals surface area contributed by atoms with Crippen LogP contribution >= 0.6 is 8.53 Å². The van der Waals surface area contributed by atoms with Crippen molar-refractivity contribution in [3.63, 3.8) is 0 Å². The van der Waals surface area contributed by atoms with E-state index in [1.54, 1.807) is 14.2 Å². The number of nitrogens with zero attached hydrogens (tertiary/aromatic N) is 2. The van der Waals surface area contributed by atoms with Crippen LogP contribution in [0.15, 0.2) is 78.9 Å². The molecule has 3 aromatic rings. The zero-order valence-corrected chi connectivity index (χ0v) is 26.1. The molecule has 41 heavy (non-hydrogen) atoms. The minimum atomic E-state index is -1.41. The molecule has 0 aliphatic carbocycles. The molecule has 0 aliphatic rings. The van der Waals surface area contributed by atoms with E-state index in [1.165, 1.54) is 0 Å². The van der Waals surface area contributed by atoms with E-state index in [4.69, 9.17) is 28.5 Å². The Morgan fingerprint density at radius 1 is 0.756 bits per heavy atom. The number of ether oxygens (including phenoxy) is 3. The molecular weight excluding hydrogens is 535 g/mol. The van der Waals surface area contributed by atoms with Crippen molar-refractivity contribution in [1.29, 1.82) is 5.26 Å². The number of hydrogen-bond donors (Lipinski definition) is 0. The van der Waals surface area contributed by atoms with E-state index in [0.717, 1.165) is 28.2 Å². The highest BCUT2D eigenvalue weighted by molar-refractivity contribution is 7.44. The molecule has 0 spiro atoms. The maximum absolute atomic E-state index is 9.07. The summed E-state index contributed by atoms with van der Waals surface area (Å²) in [5.41, 5.74) is 1.97. The lowest BCUT2D eigenvalue weighted by Crippen LogP contribution is -2.37. The Bertz CT molecular complexity index is 1160. The van der Waals surface area contributed by atoms with Gasteiger partial charge in [0.15, 0.2) is 0 Å². The van der Waals surface area contributed by atoms with Crippen LogP contribution in [0.25, 0.3) is 0 Å². The molecular formula is C33H43N2O5P. The average molecular weight is 579 g/mol. The van der Waals surface area contributed by atoms with Gasteiger partial charge in [-0.15, -0.1) is 0 Å². The lowest BCUT2D eigenvalue weighted by Gasteiger charge is -2.39. The SMILES string of the molecule is COc1ccc(C(OC[C@H](C)OP(OCCC#N)N(C(C)C)C(C)C)(c2ccccc2)c2ccc(OC)cc2)cc1. The molecule has 220 valence electrons. The molecule has 0 aromatic heterocycles. The maximum Gasteiger partial charge on any atom is 0.259 e. The van der Waals surface area contributed by atoms with Crippen LogP contribution in [0.2, 0.25) is 0 Å². The molecule has 0 amide bonds. The molecule has 2 atom stereocenters. The molecule has 1 unspecified atom stereocenters. The molecule has 0 bridgehead atoms. The van der Waals surface area contributed by atoms with E-state index in [2.05, 4.69) is 50.6 Å². The Hall–Kier alpha value is -2.98. The largest absolute Gasteiger partial charge is 0.497 e. The summed E-state index contributed by atoms with van der Waals surface area (Å²) in [6.07, 6.45) is 0.00571. The van der Waals surface area contributed by atoms with Gasteiger partial charge in [0.25, 0.3) is 8.53 Å². The van der Waals surface area contributed by atoms with E-state index >= 15 is 0 Å². The average Bonchev–Trinajstić information content (AvgIpc) is 2.98.